The Kier molecular flexibility index (Phi) is 5.60. The number of anilines is 1. The minimum absolute atomic E-state index is 0.0924. The number of rotatable bonds is 6. The zero-order valence-electron chi connectivity index (χ0n) is 11.1. The highest BCUT2D eigenvalue weighted by molar-refractivity contribution is 5.99. The number of hydrogen-bond acceptors (Lipinski definition) is 4. The molecule has 0 unspecified atom stereocenters. The van der Waals surface area contributed by atoms with Crippen LogP contribution in [0, 0.1) is 0 Å². The third kappa shape index (κ3) is 4.83. The van der Waals surface area contributed by atoms with Gasteiger partial charge in [0.15, 0.2) is 0 Å². The maximum atomic E-state index is 11.7. The van der Waals surface area contributed by atoms with Gasteiger partial charge >= 0.3 is 5.97 Å². The van der Waals surface area contributed by atoms with E-state index in [0.29, 0.717) is 11.4 Å². The molecule has 0 bridgehead atoms. The summed E-state index contributed by atoms with van der Waals surface area (Å²) >= 11 is 0. The van der Waals surface area contributed by atoms with Crippen LogP contribution in [0.4, 0.5) is 5.69 Å². The summed E-state index contributed by atoms with van der Waals surface area (Å²) in [5, 5.41) is 2.66. The molecule has 1 rings (SSSR count). The highest BCUT2D eigenvalue weighted by atomic mass is 16.5. The van der Waals surface area contributed by atoms with Gasteiger partial charge in [0, 0.05) is 11.3 Å². The summed E-state index contributed by atoms with van der Waals surface area (Å²) in [4.78, 5) is 23.0. The molecule has 5 heteroatoms. The first-order valence-corrected chi connectivity index (χ1v) is 5.85. The van der Waals surface area contributed by atoms with Gasteiger partial charge in [-0.15, -0.1) is 0 Å². The van der Waals surface area contributed by atoms with Crippen LogP contribution in [0.2, 0.25) is 0 Å². The molecule has 0 aromatic heterocycles. The monoisotopic (exact) mass is 263 g/mol. The largest absolute Gasteiger partial charge is 0.497 e. The predicted molar refractivity (Wildman–Crippen MR) is 72.0 cm³/mol. The van der Waals surface area contributed by atoms with Crippen LogP contribution in [0.5, 0.6) is 5.75 Å². The summed E-state index contributed by atoms with van der Waals surface area (Å²) in [5.41, 5.74) is 0.760. The zero-order valence-corrected chi connectivity index (χ0v) is 11.1. The lowest BCUT2D eigenvalue weighted by atomic mass is 10.2. The first-order chi connectivity index (χ1) is 9.06. The van der Waals surface area contributed by atoms with Gasteiger partial charge in [-0.25, -0.2) is 4.79 Å². The fraction of sp³-hybridized carbons (Fsp3) is 0.286. The van der Waals surface area contributed by atoms with E-state index in [1.807, 2.05) is 0 Å². The van der Waals surface area contributed by atoms with Crippen LogP contribution in [0.25, 0.3) is 0 Å². The summed E-state index contributed by atoms with van der Waals surface area (Å²) < 4.78 is 9.76. The van der Waals surface area contributed by atoms with Crippen LogP contribution in [0.1, 0.15) is 13.3 Å². The number of esters is 1. The quantitative estimate of drug-likeness (QED) is 0.631. The molecule has 0 aliphatic rings. The Hall–Kier alpha value is -2.30. The van der Waals surface area contributed by atoms with Gasteiger partial charge in [0.05, 0.1) is 20.1 Å². The van der Waals surface area contributed by atoms with Crippen molar-refractivity contribution in [3.63, 3.8) is 0 Å². The molecule has 1 amide bonds. The Morgan fingerprint density at radius 2 is 1.89 bits per heavy atom. The highest BCUT2D eigenvalue weighted by Crippen LogP contribution is 2.15. The van der Waals surface area contributed by atoms with E-state index < -0.39 is 5.97 Å². The molecule has 0 fully saturated rings. The van der Waals surface area contributed by atoms with E-state index in [-0.39, 0.29) is 24.5 Å². The molecule has 1 aromatic rings. The van der Waals surface area contributed by atoms with E-state index in [9.17, 15) is 9.59 Å². The van der Waals surface area contributed by atoms with E-state index >= 15 is 0 Å². The standard InChI is InChI=1S/C14H17NO4/c1-4-19-14(17)10(2)9-13(16)15-11-5-7-12(18-3)8-6-11/h5-8H,2,4,9H2,1,3H3,(H,15,16). The molecule has 19 heavy (non-hydrogen) atoms. The Morgan fingerprint density at radius 1 is 1.26 bits per heavy atom. The zero-order chi connectivity index (χ0) is 14.3. The number of benzene rings is 1. The van der Waals surface area contributed by atoms with E-state index in [4.69, 9.17) is 9.47 Å². The van der Waals surface area contributed by atoms with E-state index in [2.05, 4.69) is 11.9 Å². The second kappa shape index (κ2) is 7.20. The van der Waals surface area contributed by atoms with Crippen molar-refractivity contribution >= 4 is 17.6 Å². The molecule has 0 heterocycles. The van der Waals surface area contributed by atoms with Gasteiger partial charge in [-0.1, -0.05) is 6.58 Å². The minimum atomic E-state index is -0.549. The average Bonchev–Trinajstić information content (AvgIpc) is 2.39. The third-order valence-electron chi connectivity index (χ3n) is 2.31. The molecule has 5 nitrogen and oxygen atoms in total. The SMILES string of the molecule is C=C(CC(=O)Nc1ccc(OC)cc1)C(=O)OCC. The van der Waals surface area contributed by atoms with Gasteiger partial charge in [0.25, 0.3) is 0 Å². The van der Waals surface area contributed by atoms with E-state index in [1.54, 1.807) is 38.3 Å². The Balaban J connectivity index is 2.50. The fourth-order valence-corrected chi connectivity index (χ4v) is 1.38. The van der Waals surface area contributed by atoms with Crippen LogP contribution in [0.3, 0.4) is 0 Å². The van der Waals surface area contributed by atoms with Crippen molar-refractivity contribution in [1.82, 2.24) is 0 Å². The molecule has 0 atom stereocenters. The number of hydrogen-bond donors (Lipinski definition) is 1. The van der Waals surface area contributed by atoms with Crippen LogP contribution in [0.15, 0.2) is 36.4 Å². The van der Waals surface area contributed by atoms with Gasteiger partial charge in [0.2, 0.25) is 5.91 Å². The molecular formula is C14H17NO4. The molecule has 1 N–H and O–H groups in total. The average molecular weight is 263 g/mol. The van der Waals surface area contributed by atoms with Gasteiger partial charge in [-0.05, 0) is 31.2 Å². The molecular weight excluding hydrogens is 246 g/mol. The normalized spacial score (nSPS) is 9.58. The molecule has 0 spiro atoms. The summed E-state index contributed by atoms with van der Waals surface area (Å²) in [5.74, 6) is -0.162. The third-order valence-corrected chi connectivity index (χ3v) is 2.31. The number of nitrogens with one attached hydrogen (secondary N) is 1. The maximum absolute atomic E-state index is 11.7. The fourth-order valence-electron chi connectivity index (χ4n) is 1.38. The number of methoxy groups -OCH3 is 1. The number of carbonyl (C=O) groups excluding carboxylic acids is 2. The van der Waals surface area contributed by atoms with Crippen molar-refractivity contribution in [1.29, 1.82) is 0 Å². The first-order valence-electron chi connectivity index (χ1n) is 5.85. The molecule has 0 saturated heterocycles. The smallest absolute Gasteiger partial charge is 0.333 e. The number of carbonyl (C=O) groups is 2. The molecule has 0 radical (unpaired) electrons. The maximum Gasteiger partial charge on any atom is 0.333 e. The van der Waals surface area contributed by atoms with E-state index in [1.165, 1.54) is 0 Å². The molecule has 0 saturated carbocycles. The van der Waals surface area contributed by atoms with Gasteiger partial charge in [-0.2, -0.15) is 0 Å². The van der Waals surface area contributed by atoms with Crippen molar-refractivity contribution < 1.29 is 19.1 Å². The topological polar surface area (TPSA) is 64.6 Å². The Labute approximate surface area is 112 Å². The van der Waals surface area contributed by atoms with Crippen LogP contribution in [-0.2, 0) is 14.3 Å². The molecule has 1 aromatic carbocycles. The molecule has 0 aliphatic heterocycles. The lowest BCUT2D eigenvalue weighted by molar-refractivity contribution is -0.139. The van der Waals surface area contributed by atoms with E-state index in [0.717, 1.165) is 0 Å². The summed E-state index contributed by atoms with van der Waals surface area (Å²) in [6.07, 6.45) is -0.0924. The second-order valence-corrected chi connectivity index (χ2v) is 3.78. The molecule has 102 valence electrons. The van der Waals surface area contributed by atoms with Crippen LogP contribution >= 0.6 is 0 Å². The van der Waals surface area contributed by atoms with Crippen molar-refractivity contribution in [3.8, 4) is 5.75 Å². The molecule has 0 aliphatic carbocycles. The van der Waals surface area contributed by atoms with Crippen molar-refractivity contribution in [2.45, 2.75) is 13.3 Å². The Morgan fingerprint density at radius 3 is 2.42 bits per heavy atom. The number of ether oxygens (including phenoxy) is 2. The van der Waals surface area contributed by atoms with Gasteiger partial charge in [-0.3, -0.25) is 4.79 Å². The van der Waals surface area contributed by atoms with Gasteiger partial charge < -0.3 is 14.8 Å². The van der Waals surface area contributed by atoms with Crippen LogP contribution in [-0.4, -0.2) is 25.6 Å². The highest BCUT2D eigenvalue weighted by Gasteiger charge is 2.12. The van der Waals surface area contributed by atoms with Crippen molar-refractivity contribution in [2.24, 2.45) is 0 Å². The summed E-state index contributed by atoms with van der Waals surface area (Å²) in [6.45, 7) is 5.49. The lowest BCUT2D eigenvalue weighted by Crippen LogP contribution is -2.16. The summed E-state index contributed by atoms with van der Waals surface area (Å²) in [7, 11) is 1.57. The second-order valence-electron chi connectivity index (χ2n) is 3.78. The van der Waals surface area contributed by atoms with Crippen LogP contribution < -0.4 is 10.1 Å². The van der Waals surface area contributed by atoms with Gasteiger partial charge in [0.1, 0.15) is 5.75 Å². The summed E-state index contributed by atoms with van der Waals surface area (Å²) in [6, 6.07) is 6.89. The van der Waals surface area contributed by atoms with Crippen molar-refractivity contribution in [3.05, 3.63) is 36.4 Å². The number of amides is 1. The minimum Gasteiger partial charge on any atom is -0.497 e. The first kappa shape index (κ1) is 14.8. The Bertz CT molecular complexity index is 465. The predicted octanol–water partition coefficient (Wildman–Crippen LogP) is 2.14. The van der Waals surface area contributed by atoms with Crippen molar-refractivity contribution in [2.75, 3.05) is 19.0 Å². The lowest BCUT2D eigenvalue weighted by Gasteiger charge is -2.07.